The molecule has 1 fully saturated rings. The van der Waals surface area contributed by atoms with Crippen LogP contribution in [0, 0.1) is 11.6 Å². The van der Waals surface area contributed by atoms with Crippen LogP contribution in [0.15, 0.2) is 112 Å². The molecule has 0 aliphatic carbocycles. The number of carboxylic acids is 1. The summed E-state index contributed by atoms with van der Waals surface area (Å²) in [5.41, 5.74) is 0.256. The zero-order chi connectivity index (χ0) is 57.7. The van der Waals surface area contributed by atoms with E-state index in [1.54, 1.807) is 19.1 Å². The van der Waals surface area contributed by atoms with Crippen LogP contribution in [0.2, 0.25) is 0 Å². The number of ether oxygens (including phenoxy) is 5. The van der Waals surface area contributed by atoms with E-state index >= 15 is 0 Å². The van der Waals surface area contributed by atoms with Gasteiger partial charge in [-0.1, -0.05) is 54.6 Å². The molecule has 7 heterocycles. The summed E-state index contributed by atoms with van der Waals surface area (Å²) in [4.78, 5) is 89.8. The molecule has 3 aliphatic rings. The first-order chi connectivity index (χ1) is 38.8. The number of amides is 2. The molecule has 2 amide bonds. The third-order valence-corrected chi connectivity index (χ3v) is 13.0. The first-order valence-corrected chi connectivity index (χ1v) is 24.9. The van der Waals surface area contributed by atoms with Crippen molar-refractivity contribution in [3.63, 3.8) is 0 Å². The molecule has 3 N–H and O–H groups in total. The van der Waals surface area contributed by atoms with Crippen molar-refractivity contribution in [2.24, 2.45) is 0 Å². The van der Waals surface area contributed by atoms with Gasteiger partial charge in [-0.25, -0.2) is 18.4 Å². The molecule has 10 rings (SSSR count). The highest BCUT2D eigenvalue weighted by molar-refractivity contribution is 6.05. The van der Waals surface area contributed by atoms with Crippen LogP contribution in [0.1, 0.15) is 55.5 Å². The van der Waals surface area contributed by atoms with Gasteiger partial charge in [0.2, 0.25) is 11.5 Å². The Hall–Kier alpha value is -9.49. The lowest BCUT2D eigenvalue weighted by atomic mass is 10.0. The van der Waals surface area contributed by atoms with Crippen LogP contribution < -0.4 is 30.6 Å². The van der Waals surface area contributed by atoms with E-state index in [0.717, 1.165) is 27.1 Å². The highest BCUT2D eigenvalue weighted by atomic mass is 19.4. The lowest BCUT2D eigenvalue weighted by Crippen LogP contribution is -2.51. The van der Waals surface area contributed by atoms with Gasteiger partial charge in [0.1, 0.15) is 45.9 Å². The molecule has 0 atom stereocenters. The van der Waals surface area contributed by atoms with Gasteiger partial charge in [-0.15, -0.1) is 0 Å². The van der Waals surface area contributed by atoms with Crippen molar-refractivity contribution in [2.75, 3.05) is 59.6 Å². The van der Waals surface area contributed by atoms with Crippen molar-refractivity contribution in [1.29, 1.82) is 0 Å². The van der Waals surface area contributed by atoms with Crippen molar-refractivity contribution in [2.45, 2.75) is 32.5 Å². The lowest BCUT2D eigenvalue weighted by molar-refractivity contribution is -0.151. The topological polar surface area (TPSA) is 243 Å². The number of alkyl halides is 3. The summed E-state index contributed by atoms with van der Waals surface area (Å²) in [5.74, 6) is -6.32. The van der Waals surface area contributed by atoms with Crippen LogP contribution in [0.5, 0.6) is 23.0 Å². The summed E-state index contributed by atoms with van der Waals surface area (Å²) < 4.78 is 95.2. The molecule has 420 valence electrons. The van der Waals surface area contributed by atoms with Gasteiger partial charge in [-0.2, -0.15) is 13.2 Å². The molecule has 4 aromatic heterocycles. The van der Waals surface area contributed by atoms with Gasteiger partial charge in [-0.3, -0.25) is 43.2 Å². The number of carboxylic acid groups (broad SMARTS) is 1. The molecule has 0 saturated carbocycles. The number of methoxy groups -OCH3 is 1. The monoisotopic (exact) mass is 1120 g/mol. The van der Waals surface area contributed by atoms with Crippen LogP contribution in [0.3, 0.4) is 0 Å². The van der Waals surface area contributed by atoms with Gasteiger partial charge in [0.05, 0.1) is 32.2 Å². The van der Waals surface area contributed by atoms with E-state index in [4.69, 9.17) is 23.7 Å². The van der Waals surface area contributed by atoms with Crippen LogP contribution in [0.4, 0.5) is 22.0 Å². The smallest absolute Gasteiger partial charge is 0.401 e. The van der Waals surface area contributed by atoms with E-state index in [0.29, 0.717) is 22.3 Å². The van der Waals surface area contributed by atoms with Crippen LogP contribution in [-0.4, -0.2) is 129 Å². The Morgan fingerprint density at radius 3 is 1.83 bits per heavy atom. The number of benzene rings is 3. The Morgan fingerprint density at radius 2 is 1.27 bits per heavy atom. The molecule has 7 aromatic rings. The van der Waals surface area contributed by atoms with Crippen molar-refractivity contribution < 1.29 is 75.0 Å². The number of aromatic hydroxyl groups is 1. The maximum atomic E-state index is 13.6. The van der Waals surface area contributed by atoms with Crippen molar-refractivity contribution in [3.8, 4) is 23.0 Å². The molecule has 81 heavy (non-hydrogen) atoms. The minimum absolute atomic E-state index is 0.00194. The fourth-order valence-electron chi connectivity index (χ4n) is 9.12. The number of rotatable bonds is 16. The zero-order valence-electron chi connectivity index (χ0n) is 43.1. The minimum atomic E-state index is -4.38. The predicted molar refractivity (Wildman–Crippen MR) is 280 cm³/mol. The molecule has 0 spiro atoms. The Bertz CT molecular complexity index is 3790. The third-order valence-electron chi connectivity index (χ3n) is 13.0. The van der Waals surface area contributed by atoms with E-state index in [1.165, 1.54) is 65.7 Å². The predicted octanol–water partition coefficient (Wildman–Crippen LogP) is 6.26. The zero-order valence-corrected chi connectivity index (χ0v) is 43.1. The van der Waals surface area contributed by atoms with Gasteiger partial charge >= 0.3 is 18.1 Å². The number of esters is 1. The maximum Gasteiger partial charge on any atom is 0.401 e. The number of hydrogen-bond acceptors (Lipinski definition) is 15. The Kier molecular flexibility index (Phi) is 16.6. The second-order valence-corrected chi connectivity index (χ2v) is 18.4. The summed E-state index contributed by atoms with van der Waals surface area (Å²) in [5, 5.41) is 23.1. The van der Waals surface area contributed by atoms with E-state index in [1.807, 2.05) is 30.3 Å². The Morgan fingerprint density at radius 1 is 0.728 bits per heavy atom. The van der Waals surface area contributed by atoms with Gasteiger partial charge < -0.3 is 44.1 Å². The molecule has 25 heteroatoms. The fraction of sp³-hybridized carbons (Fsp3) is 0.250. The largest absolute Gasteiger partial charge is 0.505 e. The number of pyridine rings is 4. The molecule has 3 aliphatic heterocycles. The number of carbonyl (C=O) groups excluding carboxylic acids is 3. The maximum absolute atomic E-state index is 13.6. The normalized spacial score (nSPS) is 13.7. The molecule has 0 bridgehead atoms. The van der Waals surface area contributed by atoms with Gasteiger partial charge in [0.25, 0.3) is 22.9 Å². The summed E-state index contributed by atoms with van der Waals surface area (Å²) in [6.07, 6.45) is 0.850. The lowest BCUT2D eigenvalue weighted by Gasteiger charge is -2.35. The van der Waals surface area contributed by atoms with Crippen LogP contribution in [0.25, 0.3) is 34.5 Å². The molecule has 3 aromatic carbocycles. The first kappa shape index (κ1) is 56.2. The second-order valence-electron chi connectivity index (χ2n) is 18.4. The van der Waals surface area contributed by atoms with Gasteiger partial charge in [0.15, 0.2) is 28.6 Å². The van der Waals surface area contributed by atoms with Crippen molar-refractivity contribution in [1.82, 2.24) is 34.2 Å². The summed E-state index contributed by atoms with van der Waals surface area (Å²) in [7, 11) is 1.42. The Labute approximate surface area is 455 Å². The average molecular weight is 1120 g/mol. The number of hydrogen-bond donors (Lipinski definition) is 3. The fourth-order valence-corrected chi connectivity index (χ4v) is 9.12. The number of piperazine rings is 1. The molecular weight excluding hydrogens is 1070 g/mol. The number of aliphatic carboxylic acids is 1. The first-order valence-electron chi connectivity index (χ1n) is 24.9. The van der Waals surface area contributed by atoms with Crippen molar-refractivity contribution >= 4 is 58.2 Å². The van der Waals surface area contributed by atoms with Gasteiger partial charge in [0, 0.05) is 76.2 Å². The average Bonchev–Trinajstić information content (AvgIpc) is 3.53. The standard InChI is InChI=1S/C28H27F4N5O6.C28H21FN2O7/c1-42-11-6-33-25(39)20-23(38)21-22-24(17(13-34-21)12-16-2-4-18(29)5-3-16)43-19(14-37(22)27(20)41)26(40)36-9-7-35(8-10-36)15-28(30,31)32;1-2-36-28(35)21-25(37-15-17-6-4-3-5-7-17)22-23-24(38-20(27(33)34)14-31(23)26(21)32)18(13-30-22)12-16-8-10-19(29)11-9-16/h2-5,13-14,38H,6-12,15H2,1H3,(H,33,39);3-11,13-14H,2,12,15H2,1H3,(H,33,34). The molecule has 20 nitrogen and oxygen atoms in total. The second kappa shape index (κ2) is 23.9. The third kappa shape index (κ3) is 12.2. The SMILES string of the molecule is CCOC(=O)c1c(OCc2ccccc2)c2ncc(Cc3ccc(F)cc3)c3c2n(c1=O)C=C(C(=O)O)O3.COCCNC(=O)c1c(O)c2ncc(Cc3ccc(F)cc3)c3c2n(c1=O)C=C(C(=O)N1CCN(CC(F)(F)F)CC1)O3. The number of nitrogens with one attached hydrogen (secondary N) is 1. The van der Waals surface area contributed by atoms with E-state index < -0.39 is 81.9 Å². The summed E-state index contributed by atoms with van der Waals surface area (Å²) in [6.45, 7) is 0.629. The van der Waals surface area contributed by atoms with E-state index in [2.05, 4.69) is 15.3 Å². The van der Waals surface area contributed by atoms with Crippen molar-refractivity contribution in [3.05, 3.63) is 174 Å². The molecular formula is C56H48F5N7O13. The molecule has 0 radical (unpaired) electrons. The minimum Gasteiger partial charge on any atom is -0.505 e. The van der Waals surface area contributed by atoms with Crippen LogP contribution in [-0.2, 0) is 38.5 Å². The van der Waals surface area contributed by atoms with Gasteiger partial charge in [-0.05, 0) is 47.9 Å². The number of aromatic nitrogens is 4. The summed E-state index contributed by atoms with van der Waals surface area (Å²) in [6, 6.07) is 20.5. The number of carbonyl (C=O) groups is 4. The number of halogens is 5. The van der Waals surface area contributed by atoms with E-state index in [9.17, 15) is 60.9 Å². The Balaban J connectivity index is 0.000000197. The molecule has 0 unspecified atom stereocenters. The van der Waals surface area contributed by atoms with Crippen LogP contribution >= 0.6 is 0 Å². The molecule has 1 saturated heterocycles. The summed E-state index contributed by atoms with van der Waals surface area (Å²) >= 11 is 0. The van der Waals surface area contributed by atoms with E-state index in [-0.39, 0.29) is 110 Å². The quantitative estimate of drug-likeness (QED) is 0.0549. The highest BCUT2D eigenvalue weighted by Gasteiger charge is 2.37. The number of nitrogens with zero attached hydrogens (tertiary/aromatic N) is 6. The highest BCUT2D eigenvalue weighted by Crippen LogP contribution is 2.41.